The summed E-state index contributed by atoms with van der Waals surface area (Å²) < 4.78 is 5.66. The van der Waals surface area contributed by atoms with Crippen LogP contribution in [-0.4, -0.2) is 52.2 Å². The zero-order chi connectivity index (χ0) is 22.0. The van der Waals surface area contributed by atoms with E-state index in [1.807, 2.05) is 48.5 Å². The van der Waals surface area contributed by atoms with Crippen LogP contribution in [0.5, 0.6) is 0 Å². The normalized spacial score (nSPS) is 18.5. The van der Waals surface area contributed by atoms with Crippen LogP contribution in [0, 0.1) is 0 Å². The number of carbonyl (C=O) groups is 1. The van der Waals surface area contributed by atoms with Gasteiger partial charge in [-0.3, -0.25) is 14.8 Å². The van der Waals surface area contributed by atoms with Crippen LogP contribution in [0.15, 0.2) is 67.1 Å². The first-order valence-corrected chi connectivity index (χ1v) is 11.2. The highest BCUT2D eigenvalue weighted by Crippen LogP contribution is 2.51. The van der Waals surface area contributed by atoms with Gasteiger partial charge >= 0.3 is 0 Å². The lowest BCUT2D eigenvalue weighted by Gasteiger charge is -2.36. The number of rotatable bonds is 8. The number of likely N-dealkylation sites (tertiary alicyclic amines) is 1. The van der Waals surface area contributed by atoms with Crippen molar-refractivity contribution in [3.8, 4) is 11.1 Å². The van der Waals surface area contributed by atoms with Gasteiger partial charge in [0.05, 0.1) is 5.69 Å². The Kier molecular flexibility index (Phi) is 5.72. The summed E-state index contributed by atoms with van der Waals surface area (Å²) in [6.07, 6.45) is 7.17. The molecule has 1 aliphatic carbocycles. The number of aromatic nitrogens is 2. The fourth-order valence-electron chi connectivity index (χ4n) is 5.33. The SMILES string of the molecule is O=COC(C[C@@H](CN1CCCC1)c1cnccn1)C1(O)c2ccccc2-c2ccccc21. The van der Waals surface area contributed by atoms with Gasteiger partial charge in [0.1, 0.15) is 6.10 Å². The Labute approximate surface area is 187 Å². The fourth-order valence-corrected chi connectivity index (χ4v) is 5.33. The monoisotopic (exact) mass is 429 g/mol. The molecule has 32 heavy (non-hydrogen) atoms. The van der Waals surface area contributed by atoms with E-state index in [1.54, 1.807) is 18.6 Å². The number of aliphatic hydroxyl groups is 1. The highest BCUT2D eigenvalue weighted by Gasteiger charge is 2.49. The molecular weight excluding hydrogens is 402 g/mol. The van der Waals surface area contributed by atoms with Gasteiger partial charge in [-0.1, -0.05) is 48.5 Å². The third kappa shape index (κ3) is 3.59. The lowest BCUT2D eigenvalue weighted by molar-refractivity contribution is -0.148. The van der Waals surface area contributed by atoms with E-state index in [-0.39, 0.29) is 5.92 Å². The molecule has 2 aromatic carbocycles. The molecule has 1 fully saturated rings. The lowest BCUT2D eigenvalue weighted by atomic mass is 9.80. The van der Waals surface area contributed by atoms with Crippen molar-refractivity contribution < 1.29 is 14.6 Å². The maximum Gasteiger partial charge on any atom is 0.293 e. The van der Waals surface area contributed by atoms with Gasteiger partial charge in [-0.2, -0.15) is 0 Å². The van der Waals surface area contributed by atoms with E-state index in [1.165, 1.54) is 12.8 Å². The standard InChI is InChI=1S/C26H27N3O3/c30-18-32-25(15-19(17-29-13-5-6-14-29)24-16-27-11-12-28-24)26(31)22-9-3-1-7-20(22)21-8-2-4-10-23(21)26/h1-4,7-12,16,18-19,25,31H,5-6,13-15,17H2/t19-,25?/m0/s1. The number of ether oxygens (including phenoxy) is 1. The van der Waals surface area contributed by atoms with Gasteiger partial charge in [0.15, 0.2) is 5.60 Å². The average Bonchev–Trinajstić information content (AvgIpc) is 3.45. The molecule has 0 bridgehead atoms. The number of carbonyl (C=O) groups excluding carboxylic acids is 1. The van der Waals surface area contributed by atoms with Crippen molar-refractivity contribution >= 4 is 6.47 Å². The summed E-state index contributed by atoms with van der Waals surface area (Å²) in [5.74, 6) is -0.0318. The molecule has 1 aliphatic heterocycles. The summed E-state index contributed by atoms with van der Waals surface area (Å²) in [7, 11) is 0. The second-order valence-electron chi connectivity index (χ2n) is 8.65. The Hall–Kier alpha value is -3.09. The van der Waals surface area contributed by atoms with Gasteiger partial charge in [0.25, 0.3) is 6.47 Å². The van der Waals surface area contributed by atoms with Crippen molar-refractivity contribution in [2.75, 3.05) is 19.6 Å². The van der Waals surface area contributed by atoms with E-state index < -0.39 is 11.7 Å². The van der Waals surface area contributed by atoms with Crippen molar-refractivity contribution in [3.63, 3.8) is 0 Å². The van der Waals surface area contributed by atoms with E-state index in [2.05, 4.69) is 14.9 Å². The summed E-state index contributed by atoms with van der Waals surface area (Å²) in [5.41, 5.74) is 2.90. The quantitative estimate of drug-likeness (QED) is 0.553. The summed E-state index contributed by atoms with van der Waals surface area (Å²) in [5, 5.41) is 12.2. The fraction of sp³-hybridized carbons (Fsp3) is 0.346. The Morgan fingerprint density at radius 1 is 1.03 bits per heavy atom. The van der Waals surface area contributed by atoms with E-state index in [9.17, 15) is 9.90 Å². The smallest absolute Gasteiger partial charge is 0.293 e. The summed E-state index contributed by atoms with van der Waals surface area (Å²) in [6.45, 7) is 3.34. The Balaban J connectivity index is 1.55. The Morgan fingerprint density at radius 2 is 1.69 bits per heavy atom. The highest BCUT2D eigenvalue weighted by molar-refractivity contribution is 5.80. The largest absolute Gasteiger partial charge is 0.461 e. The highest BCUT2D eigenvalue weighted by atomic mass is 16.5. The molecule has 0 radical (unpaired) electrons. The molecule has 1 N–H and O–H groups in total. The zero-order valence-corrected chi connectivity index (χ0v) is 17.9. The number of benzene rings is 2. The molecule has 1 aromatic heterocycles. The molecule has 0 saturated carbocycles. The maximum atomic E-state index is 12.2. The molecule has 2 aliphatic rings. The minimum atomic E-state index is -1.43. The number of fused-ring (bicyclic) bond motifs is 3. The topological polar surface area (TPSA) is 75.5 Å². The van der Waals surface area contributed by atoms with Gasteiger partial charge in [-0.05, 0) is 54.6 Å². The van der Waals surface area contributed by atoms with E-state index in [0.717, 1.165) is 47.6 Å². The molecule has 6 nitrogen and oxygen atoms in total. The van der Waals surface area contributed by atoms with Crippen molar-refractivity contribution in [1.29, 1.82) is 0 Å². The number of nitrogens with zero attached hydrogens (tertiary/aromatic N) is 3. The molecular formula is C26H27N3O3. The molecule has 2 heterocycles. The Morgan fingerprint density at radius 3 is 2.28 bits per heavy atom. The number of hydrogen-bond acceptors (Lipinski definition) is 6. The summed E-state index contributed by atoms with van der Waals surface area (Å²) in [6, 6.07) is 15.6. The molecule has 0 spiro atoms. The first kappa shape index (κ1) is 20.8. The van der Waals surface area contributed by atoms with Crippen LogP contribution >= 0.6 is 0 Å². The van der Waals surface area contributed by atoms with Crippen molar-refractivity contribution in [2.24, 2.45) is 0 Å². The predicted molar refractivity (Wildman–Crippen MR) is 121 cm³/mol. The third-order valence-corrected chi connectivity index (χ3v) is 6.83. The van der Waals surface area contributed by atoms with Crippen LogP contribution in [0.25, 0.3) is 11.1 Å². The minimum absolute atomic E-state index is 0.0318. The Bertz CT molecular complexity index is 1040. The molecule has 1 unspecified atom stereocenters. The minimum Gasteiger partial charge on any atom is -0.461 e. The van der Waals surface area contributed by atoms with Crippen LogP contribution < -0.4 is 0 Å². The van der Waals surface area contributed by atoms with E-state index >= 15 is 0 Å². The van der Waals surface area contributed by atoms with Crippen LogP contribution in [0.2, 0.25) is 0 Å². The van der Waals surface area contributed by atoms with Crippen LogP contribution in [0.1, 0.15) is 42.0 Å². The molecule has 6 heteroatoms. The van der Waals surface area contributed by atoms with Crippen molar-refractivity contribution in [2.45, 2.75) is 36.9 Å². The molecule has 5 rings (SSSR count). The first-order valence-electron chi connectivity index (χ1n) is 11.2. The second kappa shape index (κ2) is 8.81. The predicted octanol–water partition coefficient (Wildman–Crippen LogP) is 3.50. The van der Waals surface area contributed by atoms with Crippen LogP contribution in [0.4, 0.5) is 0 Å². The molecule has 0 amide bonds. The van der Waals surface area contributed by atoms with E-state index in [4.69, 9.17) is 4.74 Å². The third-order valence-electron chi connectivity index (χ3n) is 6.83. The molecule has 3 aromatic rings. The van der Waals surface area contributed by atoms with Gasteiger partial charge in [0.2, 0.25) is 0 Å². The molecule has 164 valence electrons. The molecule has 2 atom stereocenters. The lowest BCUT2D eigenvalue weighted by Crippen LogP contribution is -2.43. The number of hydrogen-bond donors (Lipinski definition) is 1. The van der Waals surface area contributed by atoms with Gasteiger partial charge < -0.3 is 14.7 Å². The van der Waals surface area contributed by atoms with E-state index in [0.29, 0.717) is 12.9 Å². The molecule has 1 saturated heterocycles. The first-order chi connectivity index (χ1) is 15.7. The van der Waals surface area contributed by atoms with Crippen molar-refractivity contribution in [1.82, 2.24) is 14.9 Å². The second-order valence-corrected chi connectivity index (χ2v) is 8.65. The van der Waals surface area contributed by atoms with Crippen LogP contribution in [-0.2, 0) is 15.1 Å². The average molecular weight is 430 g/mol. The summed E-state index contributed by atoms with van der Waals surface area (Å²) in [4.78, 5) is 22.9. The van der Waals surface area contributed by atoms with Crippen molar-refractivity contribution in [3.05, 3.63) is 83.9 Å². The van der Waals surface area contributed by atoms with Gasteiger partial charge in [-0.25, -0.2) is 0 Å². The maximum absolute atomic E-state index is 12.2. The van der Waals surface area contributed by atoms with Gasteiger partial charge in [0, 0.05) is 31.1 Å². The summed E-state index contributed by atoms with van der Waals surface area (Å²) >= 11 is 0. The van der Waals surface area contributed by atoms with Crippen LogP contribution in [0.3, 0.4) is 0 Å². The zero-order valence-electron chi connectivity index (χ0n) is 17.9. The van der Waals surface area contributed by atoms with Gasteiger partial charge in [-0.15, -0.1) is 0 Å².